The Hall–Kier alpha value is -1.07. The highest BCUT2D eigenvalue weighted by atomic mass is 35.5. The molecule has 3 nitrogen and oxygen atoms in total. The second-order valence-electron chi connectivity index (χ2n) is 4.39. The van der Waals surface area contributed by atoms with E-state index in [4.69, 9.17) is 23.2 Å². The zero-order chi connectivity index (χ0) is 14.8. The summed E-state index contributed by atoms with van der Waals surface area (Å²) in [5.74, 6) is 0. The molecule has 6 heteroatoms. The highest BCUT2D eigenvalue weighted by Crippen LogP contribution is 2.22. The molecule has 0 atom stereocenters. The van der Waals surface area contributed by atoms with Crippen LogP contribution in [0.25, 0.3) is 0 Å². The van der Waals surface area contributed by atoms with E-state index in [0.717, 1.165) is 11.1 Å². The lowest BCUT2D eigenvalue weighted by atomic mass is 10.2. The zero-order valence-corrected chi connectivity index (χ0v) is 13.1. The van der Waals surface area contributed by atoms with Crippen LogP contribution in [0.4, 0.5) is 0 Å². The van der Waals surface area contributed by atoms with E-state index >= 15 is 0 Å². The molecule has 0 saturated heterocycles. The molecule has 0 radical (unpaired) electrons. The van der Waals surface area contributed by atoms with Crippen LogP contribution in [0.15, 0.2) is 47.4 Å². The third kappa shape index (κ3) is 3.73. The van der Waals surface area contributed by atoms with Gasteiger partial charge in [0.1, 0.15) is 0 Å². The molecule has 0 spiro atoms. The van der Waals surface area contributed by atoms with Gasteiger partial charge in [-0.25, -0.2) is 13.1 Å². The minimum atomic E-state index is -3.52. The fourth-order valence-corrected chi connectivity index (χ4v) is 2.97. The molecule has 0 aromatic heterocycles. The van der Waals surface area contributed by atoms with E-state index in [9.17, 15) is 8.42 Å². The van der Waals surface area contributed by atoms with Gasteiger partial charge in [-0.2, -0.15) is 0 Å². The molecular weight excluding hydrogens is 317 g/mol. The molecule has 0 fully saturated rings. The van der Waals surface area contributed by atoms with E-state index < -0.39 is 10.0 Å². The first-order chi connectivity index (χ1) is 9.38. The predicted molar refractivity (Wildman–Crippen MR) is 81.7 cm³/mol. The van der Waals surface area contributed by atoms with Gasteiger partial charge < -0.3 is 0 Å². The molecule has 106 valence electrons. The molecule has 0 bridgehead atoms. The summed E-state index contributed by atoms with van der Waals surface area (Å²) in [5, 5.41) is 0.843. The van der Waals surface area contributed by atoms with Crippen LogP contribution in [-0.4, -0.2) is 8.42 Å². The molecule has 0 aliphatic heterocycles. The molecular formula is C14H13Cl2NO2S. The minimum Gasteiger partial charge on any atom is -0.207 e. The SMILES string of the molecule is Cc1ccc(S(=O)(=O)NCc2ccc(Cl)c(Cl)c2)cc1. The van der Waals surface area contributed by atoms with Crippen molar-refractivity contribution in [3.63, 3.8) is 0 Å². The maximum atomic E-state index is 12.1. The summed E-state index contributed by atoms with van der Waals surface area (Å²) in [6.07, 6.45) is 0. The van der Waals surface area contributed by atoms with Gasteiger partial charge in [0.2, 0.25) is 10.0 Å². The van der Waals surface area contributed by atoms with Crippen LogP contribution < -0.4 is 4.72 Å². The number of aryl methyl sites for hydroxylation is 1. The fourth-order valence-electron chi connectivity index (χ4n) is 1.63. The normalized spacial score (nSPS) is 11.6. The summed E-state index contributed by atoms with van der Waals surface area (Å²) in [6.45, 7) is 2.06. The Labute approximate surface area is 128 Å². The van der Waals surface area contributed by atoms with E-state index in [-0.39, 0.29) is 11.4 Å². The van der Waals surface area contributed by atoms with Gasteiger partial charge in [0.25, 0.3) is 0 Å². The van der Waals surface area contributed by atoms with Gasteiger partial charge in [-0.1, -0.05) is 47.0 Å². The largest absolute Gasteiger partial charge is 0.240 e. The maximum absolute atomic E-state index is 12.1. The van der Waals surface area contributed by atoms with Crippen LogP contribution in [0.1, 0.15) is 11.1 Å². The van der Waals surface area contributed by atoms with E-state index in [1.165, 1.54) is 0 Å². The number of sulfonamides is 1. The zero-order valence-electron chi connectivity index (χ0n) is 10.7. The van der Waals surface area contributed by atoms with Gasteiger partial charge in [0.15, 0.2) is 0 Å². The number of hydrogen-bond acceptors (Lipinski definition) is 2. The first kappa shape index (κ1) is 15.3. The minimum absolute atomic E-state index is 0.160. The van der Waals surface area contributed by atoms with Gasteiger partial charge in [0.05, 0.1) is 14.9 Å². The molecule has 0 aliphatic rings. The molecule has 2 aromatic carbocycles. The van der Waals surface area contributed by atoms with E-state index in [1.54, 1.807) is 42.5 Å². The predicted octanol–water partition coefficient (Wildman–Crippen LogP) is 3.78. The van der Waals surface area contributed by atoms with Crippen LogP contribution >= 0.6 is 23.2 Å². The second kappa shape index (κ2) is 6.14. The van der Waals surface area contributed by atoms with Crippen LogP contribution in [0.3, 0.4) is 0 Å². The summed E-state index contributed by atoms with van der Waals surface area (Å²) in [5.41, 5.74) is 1.75. The number of hydrogen-bond donors (Lipinski definition) is 1. The molecule has 2 rings (SSSR count). The molecule has 0 unspecified atom stereocenters. The van der Waals surface area contributed by atoms with Crippen molar-refractivity contribution < 1.29 is 8.42 Å². The Bertz CT molecular complexity index is 712. The highest BCUT2D eigenvalue weighted by Gasteiger charge is 2.13. The Morgan fingerprint density at radius 2 is 1.65 bits per heavy atom. The summed E-state index contributed by atoms with van der Waals surface area (Å²) in [4.78, 5) is 0.239. The second-order valence-corrected chi connectivity index (χ2v) is 6.97. The van der Waals surface area contributed by atoms with Gasteiger partial charge in [-0.3, -0.25) is 0 Å². The van der Waals surface area contributed by atoms with Gasteiger partial charge in [0, 0.05) is 6.54 Å². The Kier molecular flexibility index (Phi) is 4.70. The average Bonchev–Trinajstić information content (AvgIpc) is 2.41. The van der Waals surface area contributed by atoms with Crippen molar-refractivity contribution in [2.45, 2.75) is 18.4 Å². The molecule has 0 heterocycles. The fraction of sp³-hybridized carbons (Fsp3) is 0.143. The van der Waals surface area contributed by atoms with Crippen molar-refractivity contribution in [3.8, 4) is 0 Å². The summed E-state index contributed by atoms with van der Waals surface area (Å²) >= 11 is 11.7. The van der Waals surface area contributed by atoms with Gasteiger partial charge in [-0.15, -0.1) is 0 Å². The van der Waals surface area contributed by atoms with E-state index in [2.05, 4.69) is 4.72 Å². The molecule has 0 aliphatic carbocycles. The molecule has 0 amide bonds. The summed E-state index contributed by atoms with van der Waals surface area (Å²) in [7, 11) is -3.52. The van der Waals surface area contributed by atoms with Crippen molar-refractivity contribution in [1.29, 1.82) is 0 Å². The van der Waals surface area contributed by atoms with Crippen molar-refractivity contribution >= 4 is 33.2 Å². The van der Waals surface area contributed by atoms with Crippen molar-refractivity contribution in [2.75, 3.05) is 0 Å². The van der Waals surface area contributed by atoms with Crippen LogP contribution in [0.5, 0.6) is 0 Å². The van der Waals surface area contributed by atoms with Crippen molar-refractivity contribution in [3.05, 3.63) is 63.6 Å². The maximum Gasteiger partial charge on any atom is 0.240 e. The number of nitrogens with one attached hydrogen (secondary N) is 1. The van der Waals surface area contributed by atoms with Crippen molar-refractivity contribution in [2.24, 2.45) is 0 Å². The summed E-state index contributed by atoms with van der Waals surface area (Å²) in [6, 6.07) is 11.7. The monoisotopic (exact) mass is 329 g/mol. The van der Waals surface area contributed by atoms with Crippen LogP contribution in [0.2, 0.25) is 10.0 Å². The van der Waals surface area contributed by atoms with E-state index in [0.29, 0.717) is 10.0 Å². The lowest BCUT2D eigenvalue weighted by Crippen LogP contribution is -2.23. The quantitative estimate of drug-likeness (QED) is 0.927. The molecule has 1 N–H and O–H groups in total. The smallest absolute Gasteiger partial charge is 0.207 e. The van der Waals surface area contributed by atoms with Crippen molar-refractivity contribution in [1.82, 2.24) is 4.72 Å². The summed E-state index contributed by atoms with van der Waals surface area (Å²) < 4.78 is 26.7. The van der Waals surface area contributed by atoms with E-state index in [1.807, 2.05) is 6.92 Å². The lowest BCUT2D eigenvalue weighted by molar-refractivity contribution is 0.581. The Morgan fingerprint density at radius 1 is 1.00 bits per heavy atom. The van der Waals surface area contributed by atoms with Gasteiger partial charge >= 0.3 is 0 Å². The first-order valence-electron chi connectivity index (χ1n) is 5.89. The average molecular weight is 330 g/mol. The third-order valence-corrected chi connectivity index (χ3v) is 4.94. The molecule has 0 saturated carbocycles. The Balaban J connectivity index is 2.13. The Morgan fingerprint density at radius 3 is 2.25 bits per heavy atom. The standard InChI is InChI=1S/C14H13Cl2NO2S/c1-10-2-5-12(6-3-10)20(18,19)17-9-11-4-7-13(15)14(16)8-11/h2-8,17H,9H2,1H3. The highest BCUT2D eigenvalue weighted by molar-refractivity contribution is 7.89. The topological polar surface area (TPSA) is 46.2 Å². The van der Waals surface area contributed by atoms with Gasteiger partial charge in [-0.05, 0) is 36.8 Å². The first-order valence-corrected chi connectivity index (χ1v) is 8.13. The van der Waals surface area contributed by atoms with Crippen LogP contribution in [0, 0.1) is 6.92 Å². The number of rotatable bonds is 4. The molecule has 2 aromatic rings. The third-order valence-electron chi connectivity index (χ3n) is 2.78. The number of benzene rings is 2. The lowest BCUT2D eigenvalue weighted by Gasteiger charge is -2.08. The number of halogens is 2. The molecule has 20 heavy (non-hydrogen) atoms. The van der Waals surface area contributed by atoms with Crippen LogP contribution in [-0.2, 0) is 16.6 Å².